The molecule has 0 bridgehead atoms. The summed E-state index contributed by atoms with van der Waals surface area (Å²) in [6.45, 7) is 3.00. The number of aliphatic hydroxyl groups is 1. The van der Waals surface area contributed by atoms with Gasteiger partial charge in [0.05, 0.1) is 12.2 Å². The fraction of sp³-hybridized carbons (Fsp3) is 1.00. The highest BCUT2D eigenvalue weighted by atomic mass is 16.5. The second kappa shape index (κ2) is 4.40. The molecule has 13 heavy (non-hydrogen) atoms. The smallest absolute Gasteiger partial charge is 0.0862 e. The summed E-state index contributed by atoms with van der Waals surface area (Å²) in [5.74, 6) is 0.580. The maximum absolute atomic E-state index is 9.78. The lowest BCUT2D eigenvalue weighted by atomic mass is 9.86. The molecule has 2 saturated heterocycles. The van der Waals surface area contributed by atoms with Crippen LogP contribution >= 0.6 is 0 Å². The van der Waals surface area contributed by atoms with Crippen LogP contribution in [0.5, 0.6) is 0 Å². The average Bonchev–Trinajstić information content (AvgIpc) is 2.20. The molecular formula is C10H19NO2. The summed E-state index contributed by atoms with van der Waals surface area (Å²) in [7, 11) is 0. The largest absolute Gasteiger partial charge is 0.390 e. The zero-order chi connectivity index (χ0) is 9.10. The van der Waals surface area contributed by atoms with Crippen molar-refractivity contribution in [3.05, 3.63) is 0 Å². The van der Waals surface area contributed by atoms with Crippen molar-refractivity contribution in [2.24, 2.45) is 5.92 Å². The Balaban J connectivity index is 1.88. The van der Waals surface area contributed by atoms with E-state index < -0.39 is 0 Å². The fourth-order valence-electron chi connectivity index (χ4n) is 2.41. The number of aliphatic hydroxyl groups excluding tert-OH is 1. The highest BCUT2D eigenvalue weighted by molar-refractivity contribution is 4.83. The molecule has 0 aromatic rings. The van der Waals surface area contributed by atoms with Crippen LogP contribution in [0.4, 0.5) is 0 Å². The Morgan fingerprint density at radius 3 is 2.62 bits per heavy atom. The third-order valence-corrected chi connectivity index (χ3v) is 3.18. The first kappa shape index (κ1) is 9.44. The lowest BCUT2D eigenvalue weighted by Gasteiger charge is -2.36. The Bertz CT molecular complexity index is 157. The summed E-state index contributed by atoms with van der Waals surface area (Å²) in [5.41, 5.74) is 0. The maximum Gasteiger partial charge on any atom is 0.0862 e. The molecule has 2 atom stereocenters. The van der Waals surface area contributed by atoms with Crippen LogP contribution in [0.1, 0.15) is 25.7 Å². The molecule has 2 aliphatic rings. The number of rotatable bonds is 1. The van der Waals surface area contributed by atoms with Crippen molar-refractivity contribution in [1.82, 2.24) is 5.32 Å². The average molecular weight is 185 g/mol. The molecule has 0 saturated carbocycles. The van der Waals surface area contributed by atoms with Gasteiger partial charge in [-0.1, -0.05) is 0 Å². The molecule has 0 aromatic carbocycles. The minimum absolute atomic E-state index is 0.121. The summed E-state index contributed by atoms with van der Waals surface area (Å²) >= 11 is 0. The molecule has 0 unspecified atom stereocenters. The van der Waals surface area contributed by atoms with Gasteiger partial charge in [0.1, 0.15) is 0 Å². The minimum Gasteiger partial charge on any atom is -0.390 e. The molecule has 0 amide bonds. The van der Waals surface area contributed by atoms with Gasteiger partial charge in [-0.05, 0) is 44.7 Å². The number of hydrogen-bond donors (Lipinski definition) is 2. The summed E-state index contributed by atoms with van der Waals surface area (Å²) in [6, 6.07) is 0. The zero-order valence-corrected chi connectivity index (χ0v) is 8.04. The topological polar surface area (TPSA) is 41.5 Å². The second-order valence-corrected chi connectivity index (χ2v) is 4.13. The first-order valence-electron chi connectivity index (χ1n) is 5.38. The normalized spacial score (nSPS) is 37.6. The first-order valence-corrected chi connectivity index (χ1v) is 5.38. The monoisotopic (exact) mass is 185 g/mol. The van der Waals surface area contributed by atoms with Crippen molar-refractivity contribution < 1.29 is 9.84 Å². The lowest BCUT2D eigenvalue weighted by molar-refractivity contribution is -0.106. The van der Waals surface area contributed by atoms with Crippen molar-refractivity contribution in [3.63, 3.8) is 0 Å². The molecule has 2 rings (SSSR count). The third-order valence-electron chi connectivity index (χ3n) is 3.18. The minimum atomic E-state index is -0.211. The summed E-state index contributed by atoms with van der Waals surface area (Å²) in [5, 5.41) is 13.1. The van der Waals surface area contributed by atoms with E-state index in [1.165, 1.54) is 0 Å². The summed E-state index contributed by atoms with van der Waals surface area (Å²) in [4.78, 5) is 0. The van der Waals surface area contributed by atoms with Crippen molar-refractivity contribution in [3.8, 4) is 0 Å². The van der Waals surface area contributed by atoms with E-state index in [-0.39, 0.29) is 12.2 Å². The van der Waals surface area contributed by atoms with Crippen molar-refractivity contribution in [2.45, 2.75) is 37.9 Å². The molecular weight excluding hydrogens is 166 g/mol. The van der Waals surface area contributed by atoms with E-state index in [0.717, 1.165) is 45.4 Å². The van der Waals surface area contributed by atoms with Crippen LogP contribution in [0.15, 0.2) is 0 Å². The Morgan fingerprint density at radius 2 is 1.92 bits per heavy atom. The van der Waals surface area contributed by atoms with Crippen LogP contribution < -0.4 is 5.32 Å². The van der Waals surface area contributed by atoms with Crippen molar-refractivity contribution in [1.29, 1.82) is 0 Å². The summed E-state index contributed by atoms with van der Waals surface area (Å²) < 4.78 is 5.65. The van der Waals surface area contributed by atoms with Gasteiger partial charge < -0.3 is 15.2 Å². The van der Waals surface area contributed by atoms with Gasteiger partial charge in [0, 0.05) is 6.61 Å². The van der Waals surface area contributed by atoms with E-state index in [0.29, 0.717) is 5.92 Å². The van der Waals surface area contributed by atoms with Gasteiger partial charge in [0.25, 0.3) is 0 Å². The maximum atomic E-state index is 9.78. The standard InChI is InChI=1S/C10H19NO2/c12-9-2-1-7-13-10(9)8-3-5-11-6-4-8/h8-12H,1-7H2/t9-,10-/m1/s1. The van der Waals surface area contributed by atoms with Gasteiger partial charge >= 0.3 is 0 Å². The number of nitrogens with one attached hydrogen (secondary N) is 1. The van der Waals surface area contributed by atoms with Crippen LogP contribution in [0.3, 0.4) is 0 Å². The van der Waals surface area contributed by atoms with E-state index in [9.17, 15) is 5.11 Å². The van der Waals surface area contributed by atoms with E-state index >= 15 is 0 Å². The molecule has 3 heteroatoms. The Morgan fingerprint density at radius 1 is 1.15 bits per heavy atom. The third kappa shape index (κ3) is 2.22. The predicted octanol–water partition coefficient (Wildman–Crippen LogP) is 0.526. The van der Waals surface area contributed by atoms with Crippen LogP contribution in [0.25, 0.3) is 0 Å². The quantitative estimate of drug-likeness (QED) is 0.626. The summed E-state index contributed by atoms with van der Waals surface area (Å²) in [6.07, 6.45) is 4.16. The SMILES string of the molecule is O[C@@H]1CCCO[C@@H]1C1CCNCC1. The lowest BCUT2D eigenvalue weighted by Crippen LogP contribution is -2.44. The van der Waals surface area contributed by atoms with E-state index in [4.69, 9.17) is 4.74 Å². The molecule has 0 spiro atoms. The van der Waals surface area contributed by atoms with Crippen LogP contribution in [0, 0.1) is 5.92 Å². The molecule has 2 N–H and O–H groups in total. The van der Waals surface area contributed by atoms with E-state index in [2.05, 4.69) is 5.32 Å². The molecule has 76 valence electrons. The van der Waals surface area contributed by atoms with Gasteiger partial charge in [-0.2, -0.15) is 0 Å². The predicted molar refractivity (Wildman–Crippen MR) is 50.6 cm³/mol. The Labute approximate surface area is 79.5 Å². The molecule has 0 aromatic heterocycles. The number of hydrogen-bond acceptors (Lipinski definition) is 3. The molecule has 2 heterocycles. The highest BCUT2D eigenvalue weighted by Gasteiger charge is 2.32. The highest BCUT2D eigenvalue weighted by Crippen LogP contribution is 2.26. The van der Waals surface area contributed by atoms with Gasteiger partial charge in [-0.25, -0.2) is 0 Å². The molecule has 2 fully saturated rings. The van der Waals surface area contributed by atoms with Crippen molar-refractivity contribution >= 4 is 0 Å². The van der Waals surface area contributed by atoms with Gasteiger partial charge in [0.15, 0.2) is 0 Å². The van der Waals surface area contributed by atoms with Gasteiger partial charge in [0.2, 0.25) is 0 Å². The number of ether oxygens (including phenoxy) is 1. The van der Waals surface area contributed by atoms with Gasteiger partial charge in [-0.3, -0.25) is 0 Å². The van der Waals surface area contributed by atoms with Crippen LogP contribution in [-0.2, 0) is 4.74 Å². The number of piperidine rings is 1. The molecule has 0 radical (unpaired) electrons. The van der Waals surface area contributed by atoms with E-state index in [1.54, 1.807) is 0 Å². The first-order chi connectivity index (χ1) is 6.38. The molecule has 2 aliphatic heterocycles. The second-order valence-electron chi connectivity index (χ2n) is 4.13. The van der Waals surface area contributed by atoms with Gasteiger partial charge in [-0.15, -0.1) is 0 Å². The Kier molecular flexibility index (Phi) is 3.19. The fourth-order valence-corrected chi connectivity index (χ4v) is 2.41. The van der Waals surface area contributed by atoms with Crippen LogP contribution in [-0.4, -0.2) is 37.0 Å². The Hall–Kier alpha value is -0.120. The van der Waals surface area contributed by atoms with Crippen LogP contribution in [0.2, 0.25) is 0 Å². The zero-order valence-electron chi connectivity index (χ0n) is 8.04. The molecule has 0 aliphatic carbocycles. The molecule has 3 nitrogen and oxygen atoms in total. The van der Waals surface area contributed by atoms with E-state index in [1.807, 2.05) is 0 Å². The van der Waals surface area contributed by atoms with Crippen molar-refractivity contribution in [2.75, 3.05) is 19.7 Å².